The number of hydrogen-bond acceptors (Lipinski definition) is 2. The molecule has 2 aromatic rings. The summed E-state index contributed by atoms with van der Waals surface area (Å²) in [7, 11) is 1.71. The van der Waals surface area contributed by atoms with Crippen LogP contribution in [0.15, 0.2) is 16.7 Å². The highest BCUT2D eigenvalue weighted by atomic mass is 79.9. The molecule has 0 N–H and O–H groups in total. The molecule has 0 radical (unpaired) electrons. The summed E-state index contributed by atoms with van der Waals surface area (Å²) in [4.78, 5) is 0. The number of ether oxygens (including phenoxy) is 1. The predicted octanol–water partition coefficient (Wildman–Crippen LogP) is 4.05. The molecule has 0 aliphatic heterocycles. The third kappa shape index (κ3) is 2.71. The monoisotopic (exact) mass is 330 g/mol. The number of hydrogen-bond donors (Lipinski definition) is 0. The van der Waals surface area contributed by atoms with Gasteiger partial charge in [-0.15, -0.1) is 0 Å². The van der Waals surface area contributed by atoms with Gasteiger partial charge in [0.15, 0.2) is 0 Å². The first-order valence-corrected chi connectivity index (χ1v) is 7.17. The lowest BCUT2D eigenvalue weighted by molar-refractivity contribution is 0.189. The number of aromatic nitrogens is 2. The van der Waals surface area contributed by atoms with Crippen LogP contribution in [0.5, 0.6) is 0 Å². The first-order chi connectivity index (χ1) is 8.67. The van der Waals surface area contributed by atoms with Gasteiger partial charge in [0, 0.05) is 20.3 Å². The van der Waals surface area contributed by atoms with E-state index in [9.17, 15) is 0 Å². The van der Waals surface area contributed by atoms with Gasteiger partial charge in [0.05, 0.1) is 15.9 Å². The van der Waals surface area contributed by atoms with E-state index in [-0.39, 0.29) is 0 Å². The van der Waals surface area contributed by atoms with Crippen LogP contribution >= 0.6 is 27.5 Å². The van der Waals surface area contributed by atoms with Crippen molar-refractivity contribution in [2.24, 2.45) is 0 Å². The summed E-state index contributed by atoms with van der Waals surface area (Å²) in [6, 6.07) is 4.17. The summed E-state index contributed by atoms with van der Waals surface area (Å²) >= 11 is 9.79. The minimum Gasteiger partial charge on any atom is -0.385 e. The zero-order valence-corrected chi connectivity index (χ0v) is 12.9. The van der Waals surface area contributed by atoms with Crippen molar-refractivity contribution < 1.29 is 4.74 Å². The average Bonchev–Trinajstić information content (AvgIpc) is 2.67. The topological polar surface area (TPSA) is 27.1 Å². The Labute approximate surface area is 120 Å². The maximum atomic E-state index is 6.31. The third-order valence-corrected chi connectivity index (χ3v) is 3.80. The van der Waals surface area contributed by atoms with Crippen molar-refractivity contribution in [3.63, 3.8) is 0 Å². The quantitative estimate of drug-likeness (QED) is 0.773. The van der Waals surface area contributed by atoms with Crippen molar-refractivity contribution in [1.29, 1.82) is 0 Å². The summed E-state index contributed by atoms with van der Waals surface area (Å²) < 4.78 is 7.87. The molecule has 3 nitrogen and oxygen atoms in total. The fourth-order valence-corrected chi connectivity index (χ4v) is 3.05. The molecule has 0 bridgehead atoms. The van der Waals surface area contributed by atoms with E-state index in [1.54, 1.807) is 7.11 Å². The molecule has 1 aromatic carbocycles. The smallest absolute Gasteiger partial charge is 0.137 e. The van der Waals surface area contributed by atoms with Crippen LogP contribution in [0.3, 0.4) is 0 Å². The number of benzene rings is 1. The molecule has 98 valence electrons. The van der Waals surface area contributed by atoms with Crippen molar-refractivity contribution in [2.75, 3.05) is 13.7 Å². The van der Waals surface area contributed by atoms with Crippen LogP contribution in [-0.2, 0) is 17.7 Å². The zero-order valence-electron chi connectivity index (χ0n) is 10.5. The fourth-order valence-electron chi connectivity index (χ4n) is 2.00. The molecule has 1 aromatic heterocycles. The second kappa shape index (κ2) is 6.04. The largest absolute Gasteiger partial charge is 0.385 e. The highest BCUT2D eigenvalue weighted by Gasteiger charge is 2.12. The minimum absolute atomic E-state index is 0.736. The Balaban J connectivity index is 2.44. The van der Waals surface area contributed by atoms with E-state index in [1.165, 1.54) is 5.56 Å². The van der Waals surface area contributed by atoms with Crippen LogP contribution < -0.4 is 0 Å². The molecule has 0 saturated carbocycles. The van der Waals surface area contributed by atoms with Gasteiger partial charge in [0.25, 0.3) is 0 Å². The van der Waals surface area contributed by atoms with E-state index in [1.807, 2.05) is 10.7 Å². The van der Waals surface area contributed by atoms with Gasteiger partial charge in [0.1, 0.15) is 4.60 Å². The number of methoxy groups -OCH3 is 1. The molecule has 1 heterocycles. The third-order valence-electron chi connectivity index (χ3n) is 2.95. The summed E-state index contributed by atoms with van der Waals surface area (Å²) in [5, 5.41) is 6.24. The fraction of sp³-hybridized carbons (Fsp3) is 0.462. The normalized spacial score (nSPS) is 11.3. The van der Waals surface area contributed by atoms with E-state index in [0.29, 0.717) is 0 Å². The molecule has 0 amide bonds. The van der Waals surface area contributed by atoms with E-state index in [2.05, 4.69) is 34.0 Å². The van der Waals surface area contributed by atoms with Gasteiger partial charge in [-0.3, -0.25) is 4.68 Å². The maximum Gasteiger partial charge on any atom is 0.137 e. The number of aryl methyl sites for hydroxylation is 2. The molecule has 0 fully saturated rings. The van der Waals surface area contributed by atoms with E-state index in [4.69, 9.17) is 16.3 Å². The van der Waals surface area contributed by atoms with Gasteiger partial charge in [-0.05, 0) is 46.5 Å². The minimum atomic E-state index is 0.736. The molecular weight excluding hydrogens is 316 g/mol. The Morgan fingerprint density at radius 3 is 2.89 bits per heavy atom. The number of halogens is 2. The molecule has 0 unspecified atom stereocenters. The first kappa shape index (κ1) is 13.8. The van der Waals surface area contributed by atoms with Crippen LogP contribution in [0.4, 0.5) is 0 Å². The lowest BCUT2D eigenvalue weighted by atomic mass is 10.1. The molecule has 0 aliphatic carbocycles. The van der Waals surface area contributed by atoms with Crippen molar-refractivity contribution in [3.8, 4) is 0 Å². The van der Waals surface area contributed by atoms with Crippen LogP contribution in [-0.4, -0.2) is 23.5 Å². The Morgan fingerprint density at radius 2 is 2.22 bits per heavy atom. The van der Waals surface area contributed by atoms with Crippen molar-refractivity contribution in [1.82, 2.24) is 9.78 Å². The van der Waals surface area contributed by atoms with Crippen LogP contribution in [0.1, 0.15) is 18.9 Å². The van der Waals surface area contributed by atoms with Gasteiger partial charge in [-0.25, -0.2) is 0 Å². The second-order valence-corrected chi connectivity index (χ2v) is 5.34. The van der Waals surface area contributed by atoms with Crippen molar-refractivity contribution in [2.45, 2.75) is 26.3 Å². The van der Waals surface area contributed by atoms with Gasteiger partial charge < -0.3 is 4.74 Å². The van der Waals surface area contributed by atoms with Crippen molar-refractivity contribution in [3.05, 3.63) is 27.3 Å². The summed E-state index contributed by atoms with van der Waals surface area (Å²) in [6.45, 7) is 3.69. The highest BCUT2D eigenvalue weighted by molar-refractivity contribution is 9.10. The molecule has 0 saturated heterocycles. The number of rotatable bonds is 5. The average molecular weight is 332 g/mol. The lowest BCUT2D eigenvalue weighted by Crippen LogP contribution is -2.03. The van der Waals surface area contributed by atoms with Crippen LogP contribution in [0, 0.1) is 0 Å². The van der Waals surface area contributed by atoms with Gasteiger partial charge >= 0.3 is 0 Å². The Hall–Kier alpha value is -0.580. The van der Waals surface area contributed by atoms with E-state index < -0.39 is 0 Å². The lowest BCUT2D eigenvalue weighted by Gasteiger charge is -2.05. The summed E-state index contributed by atoms with van der Waals surface area (Å²) in [5.41, 5.74) is 2.32. The molecule has 5 heteroatoms. The summed E-state index contributed by atoms with van der Waals surface area (Å²) in [5.74, 6) is 0. The van der Waals surface area contributed by atoms with Gasteiger partial charge in [-0.1, -0.05) is 18.5 Å². The van der Waals surface area contributed by atoms with Gasteiger partial charge in [-0.2, -0.15) is 5.10 Å². The second-order valence-electron chi connectivity index (χ2n) is 4.19. The number of fused-ring (bicyclic) bond motifs is 1. The van der Waals surface area contributed by atoms with E-state index in [0.717, 1.165) is 46.5 Å². The number of nitrogens with zero attached hydrogens (tertiary/aromatic N) is 2. The Kier molecular flexibility index (Phi) is 4.65. The SMILES string of the molecule is CCc1cc(Cl)c2c(Br)nn(CCCOC)c2c1. The van der Waals surface area contributed by atoms with Crippen LogP contribution in [0.2, 0.25) is 5.02 Å². The predicted molar refractivity (Wildman–Crippen MR) is 78.3 cm³/mol. The van der Waals surface area contributed by atoms with Crippen molar-refractivity contribution >= 4 is 38.4 Å². The van der Waals surface area contributed by atoms with Gasteiger partial charge in [0.2, 0.25) is 0 Å². The Bertz CT molecular complexity index is 553. The Morgan fingerprint density at radius 1 is 1.44 bits per heavy atom. The molecule has 0 spiro atoms. The van der Waals surface area contributed by atoms with Crippen LogP contribution in [0.25, 0.3) is 10.9 Å². The maximum absolute atomic E-state index is 6.31. The van der Waals surface area contributed by atoms with E-state index >= 15 is 0 Å². The molecule has 0 aliphatic rings. The molecule has 0 atom stereocenters. The molecular formula is C13H16BrClN2O. The molecule has 2 rings (SSSR count). The highest BCUT2D eigenvalue weighted by Crippen LogP contribution is 2.31. The zero-order chi connectivity index (χ0) is 13.1. The summed E-state index contributed by atoms with van der Waals surface area (Å²) in [6.07, 6.45) is 1.91. The first-order valence-electron chi connectivity index (χ1n) is 6.00. The standard InChI is InChI=1S/C13H16BrClN2O/c1-3-9-7-10(15)12-11(8-9)17(16-13(12)14)5-4-6-18-2/h7-8H,3-6H2,1-2H3. The molecule has 18 heavy (non-hydrogen) atoms.